The highest BCUT2D eigenvalue weighted by atomic mass is 19.1. The highest BCUT2D eigenvalue weighted by molar-refractivity contribution is 6.39. The van der Waals surface area contributed by atoms with Crippen molar-refractivity contribution in [2.45, 2.75) is 32.1 Å². The third kappa shape index (κ3) is 5.26. The molecule has 1 saturated heterocycles. The minimum absolute atomic E-state index is 0.111. The highest BCUT2D eigenvalue weighted by Crippen LogP contribution is 2.38. The van der Waals surface area contributed by atoms with Crippen LogP contribution in [0.2, 0.25) is 0 Å². The number of amides is 2. The van der Waals surface area contributed by atoms with Crippen LogP contribution in [0.15, 0.2) is 23.3 Å². The van der Waals surface area contributed by atoms with Crippen LogP contribution in [0, 0.1) is 11.6 Å². The van der Waals surface area contributed by atoms with Crippen LogP contribution < -0.4 is 25.5 Å². The molecule has 3 aromatic rings. The largest absolute Gasteiger partial charge is 0.490 e. The number of fused-ring (bicyclic) bond motifs is 6. The lowest BCUT2D eigenvalue weighted by molar-refractivity contribution is -0.123. The summed E-state index contributed by atoms with van der Waals surface area (Å²) in [7, 11) is 0. The molecule has 11 nitrogen and oxygen atoms in total. The number of nitrogens with zero attached hydrogens (tertiary/aromatic N) is 1. The number of H-pyrrole nitrogens is 1. The van der Waals surface area contributed by atoms with E-state index in [1.807, 2.05) is 0 Å². The number of carbonyl (C=O) groups excluding carboxylic acids is 2. The van der Waals surface area contributed by atoms with Crippen molar-refractivity contribution >= 4 is 40.6 Å². The summed E-state index contributed by atoms with van der Waals surface area (Å²) < 4.78 is 38.1. The summed E-state index contributed by atoms with van der Waals surface area (Å²) in [5, 5.41) is 17.4. The van der Waals surface area contributed by atoms with Gasteiger partial charge in [0.25, 0.3) is 18.3 Å². The van der Waals surface area contributed by atoms with Gasteiger partial charge in [0.15, 0.2) is 23.1 Å². The van der Waals surface area contributed by atoms with Gasteiger partial charge < -0.3 is 30.2 Å². The molecule has 0 radical (unpaired) electrons. The Morgan fingerprint density at radius 2 is 1.62 bits per heavy atom. The van der Waals surface area contributed by atoms with E-state index in [9.17, 15) is 18.4 Å². The molecular formula is C27H27F2N5O6. The van der Waals surface area contributed by atoms with E-state index < -0.39 is 5.82 Å². The van der Waals surface area contributed by atoms with E-state index in [0.29, 0.717) is 79.7 Å². The molecule has 7 rings (SSSR count). The summed E-state index contributed by atoms with van der Waals surface area (Å²) in [6, 6.07) is 4.55. The fourth-order valence-corrected chi connectivity index (χ4v) is 5.18. The van der Waals surface area contributed by atoms with Crippen molar-refractivity contribution in [3.8, 4) is 11.5 Å². The molecule has 0 spiro atoms. The molecule has 210 valence electrons. The Bertz CT molecular complexity index is 1520. The van der Waals surface area contributed by atoms with E-state index >= 15 is 0 Å². The molecule has 40 heavy (non-hydrogen) atoms. The Labute approximate surface area is 226 Å². The smallest absolute Gasteiger partial charge is 0.290 e. The van der Waals surface area contributed by atoms with Crippen molar-refractivity contribution in [3.63, 3.8) is 0 Å². The molecule has 0 saturated carbocycles. The second-order valence-corrected chi connectivity index (χ2v) is 9.35. The van der Waals surface area contributed by atoms with E-state index in [-0.39, 0.29) is 24.1 Å². The SMILES string of the molecule is O=C1NCCC/C1=N\Nc1cc(F)c2c(c1)CCO2.O=C1NCCc2c1[nH]c1cc(F)c3c(c21)CCO3.O=CO. The van der Waals surface area contributed by atoms with Crippen LogP contribution in [0.4, 0.5) is 14.5 Å². The van der Waals surface area contributed by atoms with E-state index in [0.717, 1.165) is 34.9 Å². The Balaban J connectivity index is 0.000000147. The number of ether oxygens (including phenoxy) is 2. The monoisotopic (exact) mass is 555 g/mol. The number of carboxylic acid groups (broad SMARTS) is 1. The average molecular weight is 556 g/mol. The average Bonchev–Trinajstić information content (AvgIpc) is 3.68. The fourth-order valence-electron chi connectivity index (χ4n) is 5.18. The van der Waals surface area contributed by atoms with E-state index in [1.54, 1.807) is 6.07 Å². The van der Waals surface area contributed by atoms with E-state index in [4.69, 9.17) is 19.4 Å². The second-order valence-electron chi connectivity index (χ2n) is 9.35. The molecule has 2 aromatic carbocycles. The number of carbonyl (C=O) groups is 3. The van der Waals surface area contributed by atoms with Crippen LogP contribution in [-0.2, 0) is 28.9 Å². The number of nitrogens with one attached hydrogen (secondary N) is 4. The number of piperidine rings is 1. The van der Waals surface area contributed by atoms with Gasteiger partial charge in [-0.1, -0.05) is 0 Å². The van der Waals surface area contributed by atoms with Crippen molar-refractivity contribution in [1.29, 1.82) is 0 Å². The van der Waals surface area contributed by atoms with Crippen molar-refractivity contribution in [3.05, 3.63) is 52.2 Å². The van der Waals surface area contributed by atoms with Gasteiger partial charge in [-0.05, 0) is 30.9 Å². The number of halogens is 2. The van der Waals surface area contributed by atoms with Gasteiger partial charge in [-0.3, -0.25) is 19.8 Å². The van der Waals surface area contributed by atoms with Crippen molar-refractivity contribution in [1.82, 2.24) is 15.6 Å². The van der Waals surface area contributed by atoms with Gasteiger partial charge in [-0.25, -0.2) is 8.78 Å². The number of hydrogen-bond acceptors (Lipinski definition) is 7. The maximum absolute atomic E-state index is 13.8. The first-order valence-corrected chi connectivity index (χ1v) is 12.8. The molecule has 5 N–H and O–H groups in total. The molecule has 1 aromatic heterocycles. The minimum atomic E-state index is -0.397. The van der Waals surface area contributed by atoms with Gasteiger partial charge in [0.1, 0.15) is 11.4 Å². The molecule has 4 aliphatic rings. The van der Waals surface area contributed by atoms with Crippen LogP contribution in [-0.4, -0.2) is 60.4 Å². The molecule has 1 fully saturated rings. The van der Waals surface area contributed by atoms with Crippen LogP contribution in [0.25, 0.3) is 10.9 Å². The zero-order valence-electron chi connectivity index (χ0n) is 21.4. The Morgan fingerprint density at radius 1 is 0.900 bits per heavy atom. The Hall–Kier alpha value is -4.68. The van der Waals surface area contributed by atoms with Crippen molar-refractivity contribution in [2.24, 2.45) is 5.10 Å². The standard InChI is InChI=1S/C13H14FN3O2.C13H11FN2O2.CH2O2/c14-10-7-9(6-8-3-5-19-12(8)10)16-17-11-2-1-4-15-13(11)18;14-8-5-9-10(7-2-4-18-12(7)8)6-1-3-15-13(17)11(6)16-9;2-1-3/h6-7,16H,1-5H2,(H,15,18);5,16H,1-4H2,(H,15,17);1H,(H,2,3)/b17-11+;;. The van der Waals surface area contributed by atoms with Gasteiger partial charge >= 0.3 is 0 Å². The molecule has 5 heterocycles. The molecule has 4 aliphatic heterocycles. The van der Waals surface area contributed by atoms with Crippen molar-refractivity contribution < 1.29 is 37.7 Å². The Morgan fingerprint density at radius 3 is 2.42 bits per heavy atom. The number of rotatable bonds is 2. The van der Waals surface area contributed by atoms with Gasteiger partial charge in [-0.2, -0.15) is 5.10 Å². The number of hydrazone groups is 1. The molecule has 13 heteroatoms. The molecule has 0 unspecified atom stereocenters. The third-order valence-corrected chi connectivity index (χ3v) is 6.88. The summed E-state index contributed by atoms with van der Waals surface area (Å²) >= 11 is 0. The lowest BCUT2D eigenvalue weighted by Gasteiger charge is -2.13. The van der Waals surface area contributed by atoms with Crippen LogP contribution in [0.1, 0.15) is 40.0 Å². The lowest BCUT2D eigenvalue weighted by Crippen LogP contribution is -2.37. The molecule has 0 bridgehead atoms. The lowest BCUT2D eigenvalue weighted by atomic mass is 9.98. The predicted octanol–water partition coefficient (Wildman–Crippen LogP) is 2.67. The first-order chi connectivity index (χ1) is 19.4. The summed E-state index contributed by atoms with van der Waals surface area (Å²) in [6.07, 6.45) is 3.68. The number of aromatic amines is 1. The predicted molar refractivity (Wildman–Crippen MR) is 141 cm³/mol. The summed E-state index contributed by atoms with van der Waals surface area (Å²) in [6.45, 7) is 2.08. The third-order valence-electron chi connectivity index (χ3n) is 6.88. The van der Waals surface area contributed by atoms with E-state index in [1.165, 1.54) is 12.1 Å². The van der Waals surface area contributed by atoms with Gasteiger partial charge in [-0.15, -0.1) is 0 Å². The number of hydrogen-bond donors (Lipinski definition) is 5. The normalized spacial score (nSPS) is 17.5. The number of aromatic nitrogens is 1. The fraction of sp³-hybridized carbons (Fsp3) is 0.333. The zero-order valence-corrected chi connectivity index (χ0v) is 21.4. The van der Waals surface area contributed by atoms with Gasteiger partial charge in [0.2, 0.25) is 0 Å². The molecule has 0 aliphatic carbocycles. The quantitative estimate of drug-likeness (QED) is 0.241. The molecule has 0 atom stereocenters. The Kier molecular flexibility index (Phi) is 7.80. The van der Waals surface area contributed by atoms with Crippen molar-refractivity contribution in [2.75, 3.05) is 31.7 Å². The summed E-state index contributed by atoms with van der Waals surface area (Å²) in [4.78, 5) is 34.7. The van der Waals surface area contributed by atoms with Crippen LogP contribution >= 0.6 is 0 Å². The number of benzene rings is 2. The number of anilines is 1. The molecule has 2 amide bonds. The maximum atomic E-state index is 13.8. The van der Waals surface area contributed by atoms with Gasteiger partial charge in [0, 0.05) is 60.1 Å². The highest BCUT2D eigenvalue weighted by Gasteiger charge is 2.28. The zero-order chi connectivity index (χ0) is 28.2. The minimum Gasteiger partial charge on any atom is -0.490 e. The molecular weight excluding hydrogens is 528 g/mol. The van der Waals surface area contributed by atoms with Crippen LogP contribution in [0.5, 0.6) is 11.5 Å². The van der Waals surface area contributed by atoms with E-state index in [2.05, 4.69) is 26.1 Å². The summed E-state index contributed by atoms with van der Waals surface area (Å²) in [5.41, 5.74) is 7.71. The summed E-state index contributed by atoms with van der Waals surface area (Å²) in [5.74, 6) is -0.340. The second kappa shape index (κ2) is 11.6. The van der Waals surface area contributed by atoms with Gasteiger partial charge in [0.05, 0.1) is 18.9 Å². The topological polar surface area (TPSA) is 154 Å². The maximum Gasteiger partial charge on any atom is 0.290 e. The first-order valence-electron chi connectivity index (χ1n) is 12.8. The van der Waals surface area contributed by atoms with Crippen LogP contribution in [0.3, 0.4) is 0 Å². The first kappa shape index (κ1) is 26.9.